The molecule has 2 aromatic rings. The van der Waals surface area contributed by atoms with E-state index in [4.69, 9.17) is 10.00 Å². The predicted octanol–water partition coefficient (Wildman–Crippen LogP) is 2.52. The molecule has 0 aliphatic rings. The number of rotatable bonds is 2. The minimum absolute atomic E-state index is 0.344. The van der Waals surface area contributed by atoms with E-state index >= 15 is 0 Å². The molecule has 4 nitrogen and oxygen atoms in total. The molecule has 0 bridgehead atoms. The summed E-state index contributed by atoms with van der Waals surface area (Å²) in [6, 6.07) is 7.45. The van der Waals surface area contributed by atoms with Gasteiger partial charge in [0.15, 0.2) is 0 Å². The minimum atomic E-state index is -0.375. The van der Waals surface area contributed by atoms with Gasteiger partial charge in [-0.15, -0.1) is 0 Å². The monoisotopic (exact) mass is 228 g/mol. The Labute approximate surface area is 98.8 Å². The highest BCUT2D eigenvalue weighted by Gasteiger charge is 2.11. The SMILES string of the molecule is CCOC(=O)c1cc2cc(C#N)c(C)cc2[nH]1. The summed E-state index contributed by atoms with van der Waals surface area (Å²) in [6.45, 7) is 3.97. The predicted molar refractivity (Wildman–Crippen MR) is 63.7 cm³/mol. The van der Waals surface area contributed by atoms with Crippen molar-refractivity contribution in [2.24, 2.45) is 0 Å². The Kier molecular flexibility index (Phi) is 2.84. The molecule has 0 saturated carbocycles. The summed E-state index contributed by atoms with van der Waals surface area (Å²) in [4.78, 5) is 14.5. The molecule has 0 aliphatic carbocycles. The fourth-order valence-corrected chi connectivity index (χ4v) is 1.73. The largest absolute Gasteiger partial charge is 0.461 e. The van der Waals surface area contributed by atoms with E-state index in [1.807, 2.05) is 13.0 Å². The third-order valence-electron chi connectivity index (χ3n) is 2.58. The number of fused-ring (bicyclic) bond motifs is 1. The Morgan fingerprint density at radius 1 is 1.47 bits per heavy atom. The van der Waals surface area contributed by atoms with Crippen molar-refractivity contribution in [1.82, 2.24) is 4.98 Å². The van der Waals surface area contributed by atoms with Gasteiger partial charge in [-0.3, -0.25) is 0 Å². The molecular formula is C13H12N2O2. The molecule has 4 heteroatoms. The van der Waals surface area contributed by atoms with E-state index in [1.54, 1.807) is 19.1 Å². The molecule has 1 aromatic heterocycles. The summed E-state index contributed by atoms with van der Waals surface area (Å²) in [7, 11) is 0. The molecule has 0 aliphatic heterocycles. The first-order chi connectivity index (χ1) is 8.15. The summed E-state index contributed by atoms with van der Waals surface area (Å²) in [5.41, 5.74) is 2.75. The van der Waals surface area contributed by atoms with Gasteiger partial charge in [0, 0.05) is 10.9 Å². The summed E-state index contributed by atoms with van der Waals surface area (Å²) < 4.78 is 4.91. The molecule has 0 saturated heterocycles. The number of aromatic nitrogens is 1. The van der Waals surface area contributed by atoms with Crippen LogP contribution in [-0.4, -0.2) is 17.6 Å². The average molecular weight is 228 g/mol. The molecule has 0 radical (unpaired) electrons. The van der Waals surface area contributed by atoms with Crippen LogP contribution in [0, 0.1) is 18.3 Å². The number of ether oxygens (including phenoxy) is 1. The van der Waals surface area contributed by atoms with Gasteiger partial charge >= 0.3 is 5.97 Å². The number of nitrogens with one attached hydrogen (secondary N) is 1. The highest BCUT2D eigenvalue weighted by Crippen LogP contribution is 2.20. The first kappa shape index (κ1) is 11.2. The number of esters is 1. The van der Waals surface area contributed by atoms with Gasteiger partial charge < -0.3 is 9.72 Å². The lowest BCUT2D eigenvalue weighted by Crippen LogP contribution is -2.04. The van der Waals surface area contributed by atoms with Crippen LogP contribution in [0.1, 0.15) is 28.5 Å². The zero-order valence-corrected chi connectivity index (χ0v) is 9.70. The van der Waals surface area contributed by atoms with Crippen LogP contribution in [0.5, 0.6) is 0 Å². The van der Waals surface area contributed by atoms with Crippen molar-refractivity contribution >= 4 is 16.9 Å². The van der Waals surface area contributed by atoms with Crippen molar-refractivity contribution < 1.29 is 9.53 Å². The van der Waals surface area contributed by atoms with Gasteiger partial charge in [-0.25, -0.2) is 4.79 Å². The Balaban J connectivity index is 2.51. The van der Waals surface area contributed by atoms with Gasteiger partial charge in [0.1, 0.15) is 5.69 Å². The van der Waals surface area contributed by atoms with Gasteiger partial charge in [0.25, 0.3) is 0 Å². The number of carbonyl (C=O) groups is 1. The molecule has 1 N–H and O–H groups in total. The quantitative estimate of drug-likeness (QED) is 0.803. The maximum Gasteiger partial charge on any atom is 0.354 e. The number of aryl methyl sites for hydroxylation is 1. The molecule has 1 heterocycles. The molecule has 17 heavy (non-hydrogen) atoms. The average Bonchev–Trinajstić information content (AvgIpc) is 2.71. The fourth-order valence-electron chi connectivity index (χ4n) is 1.73. The van der Waals surface area contributed by atoms with Crippen molar-refractivity contribution in [1.29, 1.82) is 5.26 Å². The van der Waals surface area contributed by atoms with Gasteiger partial charge in [0.2, 0.25) is 0 Å². The molecular weight excluding hydrogens is 216 g/mol. The lowest BCUT2D eigenvalue weighted by Gasteiger charge is -1.97. The molecule has 0 unspecified atom stereocenters. The Morgan fingerprint density at radius 2 is 2.24 bits per heavy atom. The van der Waals surface area contributed by atoms with Crippen LogP contribution in [0.15, 0.2) is 18.2 Å². The van der Waals surface area contributed by atoms with Crippen LogP contribution in [0.25, 0.3) is 10.9 Å². The van der Waals surface area contributed by atoms with Crippen LogP contribution in [0.4, 0.5) is 0 Å². The van der Waals surface area contributed by atoms with Crippen molar-refractivity contribution in [2.75, 3.05) is 6.61 Å². The number of nitrogens with zero attached hydrogens (tertiary/aromatic N) is 1. The summed E-state index contributed by atoms with van der Waals surface area (Å²) in [6.07, 6.45) is 0. The Bertz CT molecular complexity index is 620. The second kappa shape index (κ2) is 4.30. The topological polar surface area (TPSA) is 65.9 Å². The zero-order valence-electron chi connectivity index (χ0n) is 9.70. The van der Waals surface area contributed by atoms with Crippen LogP contribution in [0.2, 0.25) is 0 Å². The van der Waals surface area contributed by atoms with Crippen LogP contribution >= 0.6 is 0 Å². The number of hydrogen-bond donors (Lipinski definition) is 1. The number of aromatic amines is 1. The molecule has 0 atom stereocenters. The second-order valence-corrected chi connectivity index (χ2v) is 3.77. The summed E-state index contributed by atoms with van der Waals surface area (Å²) in [5.74, 6) is -0.375. The van der Waals surface area contributed by atoms with E-state index in [-0.39, 0.29) is 5.97 Å². The summed E-state index contributed by atoms with van der Waals surface area (Å²) in [5, 5.41) is 9.77. The van der Waals surface area contributed by atoms with Crippen molar-refractivity contribution in [3.63, 3.8) is 0 Å². The second-order valence-electron chi connectivity index (χ2n) is 3.77. The molecule has 2 rings (SSSR count). The molecule has 1 aromatic carbocycles. The standard InChI is InChI=1S/C13H12N2O2/c1-3-17-13(16)12-6-9-5-10(7-14)8(2)4-11(9)15-12/h4-6,15H,3H2,1-2H3. The zero-order chi connectivity index (χ0) is 12.4. The van der Waals surface area contributed by atoms with E-state index < -0.39 is 0 Å². The number of benzene rings is 1. The molecule has 0 spiro atoms. The summed E-state index contributed by atoms with van der Waals surface area (Å²) >= 11 is 0. The maximum absolute atomic E-state index is 11.5. The van der Waals surface area contributed by atoms with Crippen LogP contribution in [0.3, 0.4) is 0 Å². The highest BCUT2D eigenvalue weighted by atomic mass is 16.5. The van der Waals surface area contributed by atoms with Gasteiger partial charge in [-0.05, 0) is 37.6 Å². The smallest absolute Gasteiger partial charge is 0.354 e. The third kappa shape index (κ3) is 2.00. The highest BCUT2D eigenvalue weighted by molar-refractivity contribution is 5.95. The van der Waals surface area contributed by atoms with Crippen molar-refractivity contribution in [3.05, 3.63) is 35.0 Å². The van der Waals surface area contributed by atoms with Crippen LogP contribution in [-0.2, 0) is 4.74 Å². The van der Waals surface area contributed by atoms with Gasteiger partial charge in [0.05, 0.1) is 18.2 Å². The molecule has 0 amide bonds. The van der Waals surface area contributed by atoms with Crippen molar-refractivity contribution in [2.45, 2.75) is 13.8 Å². The normalized spacial score (nSPS) is 10.2. The van der Waals surface area contributed by atoms with Crippen LogP contribution < -0.4 is 0 Å². The Hall–Kier alpha value is -2.28. The van der Waals surface area contributed by atoms with E-state index in [1.165, 1.54) is 0 Å². The number of H-pyrrole nitrogens is 1. The van der Waals surface area contributed by atoms with E-state index in [0.717, 1.165) is 16.5 Å². The van der Waals surface area contributed by atoms with Crippen molar-refractivity contribution in [3.8, 4) is 6.07 Å². The van der Waals surface area contributed by atoms with E-state index in [9.17, 15) is 4.79 Å². The van der Waals surface area contributed by atoms with Gasteiger partial charge in [-0.2, -0.15) is 5.26 Å². The first-order valence-corrected chi connectivity index (χ1v) is 5.36. The first-order valence-electron chi connectivity index (χ1n) is 5.36. The maximum atomic E-state index is 11.5. The number of carbonyl (C=O) groups excluding carboxylic acids is 1. The molecule has 86 valence electrons. The number of nitriles is 1. The number of hydrogen-bond acceptors (Lipinski definition) is 3. The minimum Gasteiger partial charge on any atom is -0.461 e. The fraction of sp³-hybridized carbons (Fsp3) is 0.231. The lowest BCUT2D eigenvalue weighted by atomic mass is 10.1. The van der Waals surface area contributed by atoms with E-state index in [0.29, 0.717) is 17.9 Å². The Morgan fingerprint density at radius 3 is 2.88 bits per heavy atom. The third-order valence-corrected chi connectivity index (χ3v) is 2.58. The van der Waals surface area contributed by atoms with Gasteiger partial charge in [-0.1, -0.05) is 0 Å². The van der Waals surface area contributed by atoms with E-state index in [2.05, 4.69) is 11.1 Å². The lowest BCUT2D eigenvalue weighted by molar-refractivity contribution is 0.0520. The molecule has 0 fully saturated rings.